The van der Waals surface area contributed by atoms with Crippen LogP contribution in [-0.4, -0.2) is 19.1 Å². The monoisotopic (exact) mass is 321 g/mol. The molecule has 2 aromatic rings. The summed E-state index contributed by atoms with van der Waals surface area (Å²) in [6.07, 6.45) is 0.450. The predicted molar refractivity (Wildman–Crippen MR) is 88.2 cm³/mol. The molecule has 0 aliphatic rings. The molecular weight excluding hydrogens is 302 g/mol. The Hall–Kier alpha value is -2.04. The van der Waals surface area contributed by atoms with Gasteiger partial charge in [-0.15, -0.1) is 12.4 Å². The second-order valence-electron chi connectivity index (χ2n) is 4.75. The fourth-order valence-electron chi connectivity index (χ4n) is 1.95. The van der Waals surface area contributed by atoms with E-state index in [1.54, 1.807) is 0 Å². The number of methoxy groups -OCH3 is 1. The highest BCUT2D eigenvalue weighted by molar-refractivity contribution is 5.85. The first kappa shape index (κ1) is 18.0. The lowest BCUT2D eigenvalue weighted by Crippen LogP contribution is -2.33. The van der Waals surface area contributed by atoms with Crippen molar-refractivity contribution in [3.05, 3.63) is 65.7 Å². The number of hydrogen-bond acceptors (Lipinski definition) is 4. The van der Waals surface area contributed by atoms with Crippen molar-refractivity contribution in [3.63, 3.8) is 0 Å². The average molecular weight is 322 g/mol. The fraction of sp³-hybridized carbons (Fsp3) is 0.235. The van der Waals surface area contributed by atoms with Crippen LogP contribution in [0.1, 0.15) is 11.1 Å². The molecule has 2 aromatic carbocycles. The summed E-state index contributed by atoms with van der Waals surface area (Å²) in [5.41, 5.74) is 7.82. The minimum absolute atomic E-state index is 0. The number of esters is 1. The van der Waals surface area contributed by atoms with Gasteiger partial charge in [0, 0.05) is 0 Å². The first-order valence-corrected chi connectivity index (χ1v) is 6.78. The number of halogens is 1. The highest BCUT2D eigenvalue weighted by atomic mass is 35.5. The van der Waals surface area contributed by atoms with Gasteiger partial charge in [-0.3, -0.25) is 4.79 Å². The van der Waals surface area contributed by atoms with Crippen LogP contribution in [0.3, 0.4) is 0 Å². The van der Waals surface area contributed by atoms with E-state index in [-0.39, 0.29) is 12.4 Å². The Labute approximate surface area is 136 Å². The Balaban J connectivity index is 0.00000242. The lowest BCUT2D eigenvalue weighted by atomic mass is 10.1. The maximum Gasteiger partial charge on any atom is 0.322 e. The predicted octanol–water partition coefficient (Wildman–Crippen LogP) is 2.73. The van der Waals surface area contributed by atoms with Gasteiger partial charge in [0.25, 0.3) is 0 Å². The zero-order valence-electron chi connectivity index (χ0n) is 12.4. The third kappa shape index (κ3) is 5.39. The number of carbonyl (C=O) groups is 1. The van der Waals surface area contributed by atoms with Crippen molar-refractivity contribution in [3.8, 4) is 5.75 Å². The third-order valence-corrected chi connectivity index (χ3v) is 3.13. The Morgan fingerprint density at radius 1 is 1.05 bits per heavy atom. The van der Waals surface area contributed by atoms with Gasteiger partial charge in [-0.1, -0.05) is 42.5 Å². The molecule has 22 heavy (non-hydrogen) atoms. The molecule has 0 bridgehead atoms. The topological polar surface area (TPSA) is 61.5 Å². The third-order valence-electron chi connectivity index (χ3n) is 3.13. The van der Waals surface area contributed by atoms with Gasteiger partial charge in [0.05, 0.1) is 7.11 Å². The molecule has 0 amide bonds. The van der Waals surface area contributed by atoms with Gasteiger partial charge in [-0.25, -0.2) is 0 Å². The molecule has 0 spiro atoms. The molecule has 0 heterocycles. The smallest absolute Gasteiger partial charge is 0.322 e. The van der Waals surface area contributed by atoms with Gasteiger partial charge in [0.2, 0.25) is 0 Å². The lowest BCUT2D eigenvalue weighted by molar-refractivity contribution is -0.142. The normalized spacial score (nSPS) is 11.2. The molecule has 5 heteroatoms. The summed E-state index contributed by atoms with van der Waals surface area (Å²) < 4.78 is 10.3. The van der Waals surface area contributed by atoms with E-state index in [1.807, 2.05) is 54.6 Å². The first-order chi connectivity index (χ1) is 10.2. The summed E-state index contributed by atoms with van der Waals surface area (Å²) >= 11 is 0. The van der Waals surface area contributed by atoms with E-state index in [2.05, 4.69) is 4.74 Å². The number of nitrogens with two attached hydrogens (primary N) is 1. The van der Waals surface area contributed by atoms with Crippen LogP contribution in [0.5, 0.6) is 5.75 Å². The molecule has 0 saturated carbocycles. The van der Waals surface area contributed by atoms with E-state index in [1.165, 1.54) is 7.11 Å². The van der Waals surface area contributed by atoms with Crippen molar-refractivity contribution in [1.29, 1.82) is 0 Å². The van der Waals surface area contributed by atoms with E-state index >= 15 is 0 Å². The molecule has 0 unspecified atom stereocenters. The van der Waals surface area contributed by atoms with E-state index in [4.69, 9.17) is 10.5 Å². The number of ether oxygens (including phenoxy) is 2. The number of benzene rings is 2. The minimum atomic E-state index is -0.633. The van der Waals surface area contributed by atoms with Crippen molar-refractivity contribution < 1.29 is 14.3 Å². The molecule has 118 valence electrons. The lowest BCUT2D eigenvalue weighted by Gasteiger charge is -2.10. The summed E-state index contributed by atoms with van der Waals surface area (Å²) in [4.78, 5) is 11.3. The Kier molecular flexibility index (Phi) is 7.43. The number of hydrogen-bond donors (Lipinski definition) is 1. The van der Waals surface area contributed by atoms with Crippen LogP contribution in [0, 0.1) is 0 Å². The molecule has 0 saturated heterocycles. The maximum atomic E-state index is 11.3. The van der Waals surface area contributed by atoms with Crippen molar-refractivity contribution in [2.45, 2.75) is 19.1 Å². The first-order valence-electron chi connectivity index (χ1n) is 6.78. The van der Waals surface area contributed by atoms with Gasteiger partial charge in [0.1, 0.15) is 18.4 Å². The quantitative estimate of drug-likeness (QED) is 0.831. The molecule has 0 aliphatic carbocycles. The second kappa shape index (κ2) is 9.07. The van der Waals surface area contributed by atoms with Gasteiger partial charge >= 0.3 is 5.97 Å². The number of rotatable bonds is 6. The molecule has 0 fully saturated rings. The molecule has 1 atom stereocenters. The highest BCUT2D eigenvalue weighted by Gasteiger charge is 2.13. The van der Waals surface area contributed by atoms with Gasteiger partial charge < -0.3 is 15.2 Å². The van der Waals surface area contributed by atoms with Crippen LogP contribution >= 0.6 is 12.4 Å². The summed E-state index contributed by atoms with van der Waals surface area (Å²) in [7, 11) is 1.34. The van der Waals surface area contributed by atoms with Crippen molar-refractivity contribution in [1.82, 2.24) is 0 Å². The van der Waals surface area contributed by atoms with Gasteiger partial charge in [0.15, 0.2) is 0 Å². The van der Waals surface area contributed by atoms with Gasteiger partial charge in [-0.05, 0) is 29.7 Å². The van der Waals surface area contributed by atoms with Crippen LogP contribution in [0.15, 0.2) is 54.6 Å². The molecule has 0 aromatic heterocycles. The van der Waals surface area contributed by atoms with E-state index in [0.29, 0.717) is 13.0 Å². The minimum Gasteiger partial charge on any atom is -0.489 e. The average Bonchev–Trinajstić information content (AvgIpc) is 2.54. The van der Waals surface area contributed by atoms with E-state index in [0.717, 1.165) is 16.9 Å². The summed E-state index contributed by atoms with van der Waals surface area (Å²) in [5, 5.41) is 0. The second-order valence-corrected chi connectivity index (χ2v) is 4.75. The van der Waals surface area contributed by atoms with Gasteiger partial charge in [-0.2, -0.15) is 0 Å². The SMILES string of the molecule is COC(=O)[C@@H](N)Cc1ccc(OCc2ccccc2)cc1.Cl. The molecule has 0 radical (unpaired) electrons. The zero-order chi connectivity index (χ0) is 15.1. The molecule has 2 rings (SSSR count). The highest BCUT2D eigenvalue weighted by Crippen LogP contribution is 2.15. The molecule has 4 nitrogen and oxygen atoms in total. The zero-order valence-corrected chi connectivity index (χ0v) is 13.2. The number of carbonyl (C=O) groups excluding carboxylic acids is 1. The maximum absolute atomic E-state index is 11.3. The molecule has 0 aliphatic heterocycles. The Morgan fingerprint density at radius 3 is 2.27 bits per heavy atom. The largest absolute Gasteiger partial charge is 0.489 e. The van der Waals surface area contributed by atoms with E-state index < -0.39 is 12.0 Å². The van der Waals surface area contributed by atoms with Crippen molar-refractivity contribution in [2.75, 3.05) is 7.11 Å². The van der Waals surface area contributed by atoms with Crippen molar-refractivity contribution >= 4 is 18.4 Å². The van der Waals surface area contributed by atoms with Crippen LogP contribution < -0.4 is 10.5 Å². The van der Waals surface area contributed by atoms with Crippen LogP contribution in [-0.2, 0) is 22.6 Å². The Morgan fingerprint density at radius 2 is 1.68 bits per heavy atom. The van der Waals surface area contributed by atoms with Crippen LogP contribution in [0.2, 0.25) is 0 Å². The molecular formula is C17H20ClNO3. The van der Waals surface area contributed by atoms with Crippen LogP contribution in [0.25, 0.3) is 0 Å². The van der Waals surface area contributed by atoms with Crippen LogP contribution in [0.4, 0.5) is 0 Å². The van der Waals surface area contributed by atoms with E-state index in [9.17, 15) is 4.79 Å². The summed E-state index contributed by atoms with van der Waals surface area (Å²) in [5.74, 6) is 0.383. The van der Waals surface area contributed by atoms with Crippen molar-refractivity contribution in [2.24, 2.45) is 5.73 Å². The Bertz CT molecular complexity index is 572. The molecule has 2 N–H and O–H groups in total. The fourth-order valence-corrected chi connectivity index (χ4v) is 1.95. The summed E-state index contributed by atoms with van der Waals surface area (Å²) in [6, 6.07) is 16.9. The summed E-state index contributed by atoms with van der Waals surface area (Å²) in [6.45, 7) is 0.530. The standard InChI is InChI=1S/C17H19NO3.ClH/c1-20-17(19)16(18)11-13-7-9-15(10-8-13)21-12-14-5-3-2-4-6-14;/h2-10,16H,11-12,18H2,1H3;1H/t16-;/m0./s1.